The second kappa shape index (κ2) is 9.26. The summed E-state index contributed by atoms with van der Waals surface area (Å²) >= 11 is 0. The molecule has 5 atom stereocenters. The summed E-state index contributed by atoms with van der Waals surface area (Å²) in [5, 5.41) is 8.71. The number of halogens is 1. The first-order chi connectivity index (χ1) is 13.8. The Labute approximate surface area is 171 Å². The second-order valence-corrected chi connectivity index (χ2v) is 11.5. The van der Waals surface area contributed by atoms with E-state index in [0.717, 1.165) is 10.8 Å². The summed E-state index contributed by atoms with van der Waals surface area (Å²) in [7, 11) is -2.53. The van der Waals surface area contributed by atoms with Gasteiger partial charge in [0.15, 0.2) is 18.5 Å². The molecule has 2 rings (SSSR count). The number of aromatic amines is 1. The maximum atomic E-state index is 15.3. The van der Waals surface area contributed by atoms with Gasteiger partial charge in [0, 0.05) is 17.9 Å². The number of carboxylic acids is 1. The van der Waals surface area contributed by atoms with Crippen molar-refractivity contribution in [1.29, 1.82) is 0 Å². The van der Waals surface area contributed by atoms with Gasteiger partial charge in [-0.05, 0) is 26.2 Å². The highest BCUT2D eigenvalue weighted by atomic mass is 31.2. The van der Waals surface area contributed by atoms with E-state index in [1.807, 2.05) is 0 Å². The number of rotatable bonds is 8. The number of aromatic nitrogens is 2. The lowest BCUT2D eigenvalue weighted by Gasteiger charge is -2.26. The van der Waals surface area contributed by atoms with Crippen LogP contribution in [0.25, 0.3) is 0 Å². The number of esters is 1. The van der Waals surface area contributed by atoms with Crippen LogP contribution >= 0.6 is 7.14 Å². The Balaban J connectivity index is 2.35. The molecule has 2 heterocycles. The molecule has 0 bridgehead atoms. The molecule has 1 aliphatic heterocycles. The number of hydrogen-bond acceptors (Lipinski definition) is 7. The number of carbonyl (C=O) groups excluding carboxylic acids is 1. The molecule has 30 heavy (non-hydrogen) atoms. The predicted molar refractivity (Wildman–Crippen MR) is 105 cm³/mol. The quantitative estimate of drug-likeness (QED) is 0.445. The minimum absolute atomic E-state index is 0.156. The number of aryl methyl sites for hydroxylation is 1. The van der Waals surface area contributed by atoms with Crippen LogP contribution in [0.15, 0.2) is 15.8 Å². The molecule has 0 spiro atoms. The van der Waals surface area contributed by atoms with E-state index in [-0.39, 0.29) is 11.7 Å². The molecule has 0 aliphatic carbocycles. The van der Waals surface area contributed by atoms with Gasteiger partial charge in [-0.3, -0.25) is 23.9 Å². The summed E-state index contributed by atoms with van der Waals surface area (Å²) in [4.78, 5) is 48.5. The molecule has 0 aromatic carbocycles. The SMILES string of the molecule is Cc1cn([C@@H]2O[C@H]([C@H](C)CP(C)(C)=O)[C@@H](OC(=O)CCC(=O)O)[C@H]2F)c(=O)[nH]c1=O. The normalized spacial score (nSPS) is 25.1. The fraction of sp³-hybridized carbons (Fsp3) is 0.667. The first-order valence-corrected chi connectivity index (χ1v) is 12.2. The number of nitrogens with one attached hydrogen (secondary N) is 1. The Morgan fingerprint density at radius 1 is 1.37 bits per heavy atom. The first kappa shape index (κ1) is 24.0. The lowest BCUT2D eigenvalue weighted by atomic mass is 10.0. The predicted octanol–water partition coefficient (Wildman–Crippen LogP) is 1.12. The Morgan fingerprint density at radius 2 is 2.00 bits per heavy atom. The molecule has 0 unspecified atom stereocenters. The van der Waals surface area contributed by atoms with Gasteiger partial charge in [0.1, 0.15) is 6.10 Å². The van der Waals surface area contributed by atoms with E-state index in [1.54, 1.807) is 20.3 Å². The lowest BCUT2D eigenvalue weighted by Crippen LogP contribution is -2.39. The average Bonchev–Trinajstić information content (AvgIpc) is 2.91. The minimum Gasteiger partial charge on any atom is -0.481 e. The number of aliphatic carboxylic acids is 1. The van der Waals surface area contributed by atoms with Crippen molar-refractivity contribution in [2.45, 2.75) is 51.3 Å². The van der Waals surface area contributed by atoms with Gasteiger partial charge in [-0.1, -0.05) is 6.92 Å². The number of nitrogens with zero attached hydrogens (tertiary/aromatic N) is 1. The van der Waals surface area contributed by atoms with Crippen molar-refractivity contribution < 1.29 is 33.1 Å². The maximum absolute atomic E-state index is 15.3. The summed E-state index contributed by atoms with van der Waals surface area (Å²) in [6.07, 6.45) is -5.51. The zero-order chi connectivity index (χ0) is 22.8. The molecular formula is C18H26FN2O8P. The van der Waals surface area contributed by atoms with Crippen LogP contribution in [0, 0.1) is 12.8 Å². The standard InChI is InChI=1S/C18H26FN2O8P/c1-9-7-21(18(26)20-16(9)25)17-13(19)15(28-12(24)6-5-11(22)23)14(29-17)10(2)8-30(3,4)27/h7,10,13-15,17H,5-6,8H2,1-4H3,(H,22,23)(H,20,25,26)/t10-,13-,14-,15+,17-/m1/s1. The highest BCUT2D eigenvalue weighted by molar-refractivity contribution is 7.62. The largest absolute Gasteiger partial charge is 0.481 e. The fourth-order valence-corrected chi connectivity index (χ4v) is 5.05. The summed E-state index contributed by atoms with van der Waals surface area (Å²) in [6.45, 7) is 6.22. The summed E-state index contributed by atoms with van der Waals surface area (Å²) in [5.74, 6) is -2.62. The van der Waals surface area contributed by atoms with Gasteiger partial charge in [-0.15, -0.1) is 0 Å². The monoisotopic (exact) mass is 448 g/mol. The highest BCUT2D eigenvalue weighted by Crippen LogP contribution is 2.43. The third-order valence-corrected chi connectivity index (χ3v) is 6.18. The average molecular weight is 448 g/mol. The molecule has 1 saturated heterocycles. The molecule has 1 aliphatic rings. The summed E-state index contributed by atoms with van der Waals surface area (Å²) in [5.41, 5.74) is -1.35. The summed E-state index contributed by atoms with van der Waals surface area (Å²) < 4.78 is 39.4. The Morgan fingerprint density at radius 3 is 2.57 bits per heavy atom. The van der Waals surface area contributed by atoms with Crippen LogP contribution in [0.5, 0.6) is 0 Å². The number of ether oxygens (including phenoxy) is 2. The van der Waals surface area contributed by atoms with Crippen LogP contribution in [-0.2, 0) is 23.6 Å². The molecular weight excluding hydrogens is 422 g/mol. The van der Waals surface area contributed by atoms with Crippen molar-refractivity contribution >= 4 is 19.1 Å². The van der Waals surface area contributed by atoms with E-state index < -0.39 is 73.7 Å². The van der Waals surface area contributed by atoms with Crippen LogP contribution in [0.1, 0.15) is 31.6 Å². The van der Waals surface area contributed by atoms with Gasteiger partial charge < -0.3 is 19.1 Å². The van der Waals surface area contributed by atoms with E-state index in [2.05, 4.69) is 4.98 Å². The van der Waals surface area contributed by atoms with E-state index in [1.165, 1.54) is 6.92 Å². The van der Waals surface area contributed by atoms with Crippen LogP contribution in [0.2, 0.25) is 0 Å². The van der Waals surface area contributed by atoms with Gasteiger partial charge in [0.25, 0.3) is 5.56 Å². The number of hydrogen-bond donors (Lipinski definition) is 2. The number of H-pyrrole nitrogens is 1. The van der Waals surface area contributed by atoms with Crippen molar-refractivity contribution in [3.8, 4) is 0 Å². The third kappa shape index (κ3) is 5.89. The highest BCUT2D eigenvalue weighted by Gasteiger charge is 2.51. The lowest BCUT2D eigenvalue weighted by molar-refractivity contribution is -0.157. The Kier molecular flexibility index (Phi) is 7.41. The van der Waals surface area contributed by atoms with Gasteiger partial charge in [0.2, 0.25) is 0 Å². The molecule has 12 heteroatoms. The van der Waals surface area contributed by atoms with Crippen LogP contribution in [0.3, 0.4) is 0 Å². The van der Waals surface area contributed by atoms with Crippen LogP contribution in [-0.4, -0.2) is 64.5 Å². The molecule has 1 aromatic heterocycles. The molecule has 1 aromatic rings. The molecule has 168 valence electrons. The Hall–Kier alpha value is -2.26. The molecule has 0 amide bonds. The fourth-order valence-electron chi connectivity index (χ4n) is 3.46. The van der Waals surface area contributed by atoms with Crippen molar-refractivity contribution in [2.24, 2.45) is 5.92 Å². The van der Waals surface area contributed by atoms with Crippen LogP contribution < -0.4 is 11.2 Å². The van der Waals surface area contributed by atoms with Gasteiger partial charge in [-0.25, -0.2) is 9.18 Å². The van der Waals surface area contributed by atoms with Crippen molar-refractivity contribution in [2.75, 3.05) is 19.5 Å². The zero-order valence-electron chi connectivity index (χ0n) is 17.2. The maximum Gasteiger partial charge on any atom is 0.330 e. The number of carbonyl (C=O) groups is 2. The van der Waals surface area contributed by atoms with E-state index in [9.17, 15) is 23.7 Å². The van der Waals surface area contributed by atoms with Gasteiger partial charge >= 0.3 is 17.6 Å². The zero-order valence-corrected chi connectivity index (χ0v) is 18.1. The molecule has 1 fully saturated rings. The van der Waals surface area contributed by atoms with Gasteiger partial charge in [-0.2, -0.15) is 0 Å². The topological polar surface area (TPSA) is 145 Å². The first-order valence-electron chi connectivity index (χ1n) is 9.37. The van der Waals surface area contributed by atoms with Crippen molar-refractivity contribution in [1.82, 2.24) is 9.55 Å². The van der Waals surface area contributed by atoms with E-state index >= 15 is 4.39 Å². The third-order valence-electron chi connectivity index (χ3n) is 4.73. The molecule has 10 nitrogen and oxygen atoms in total. The Bertz CT molecular complexity index is 968. The van der Waals surface area contributed by atoms with Crippen molar-refractivity contribution in [3.63, 3.8) is 0 Å². The number of alkyl halides is 1. The smallest absolute Gasteiger partial charge is 0.330 e. The van der Waals surface area contributed by atoms with Crippen molar-refractivity contribution in [3.05, 3.63) is 32.6 Å². The van der Waals surface area contributed by atoms with E-state index in [0.29, 0.717) is 0 Å². The molecule has 0 saturated carbocycles. The summed E-state index contributed by atoms with van der Waals surface area (Å²) in [6, 6.07) is 0. The van der Waals surface area contributed by atoms with Crippen LogP contribution in [0.4, 0.5) is 4.39 Å². The second-order valence-electron chi connectivity index (χ2n) is 8.00. The molecule has 2 N–H and O–H groups in total. The van der Waals surface area contributed by atoms with Gasteiger partial charge in [0.05, 0.1) is 20.0 Å². The van der Waals surface area contributed by atoms with E-state index in [4.69, 9.17) is 14.6 Å². The molecule has 0 radical (unpaired) electrons. The number of carboxylic acid groups (broad SMARTS) is 1. The minimum atomic E-state index is -2.53.